The van der Waals surface area contributed by atoms with Gasteiger partial charge in [0.05, 0.1) is 9.49 Å². The molecule has 0 amide bonds. The van der Waals surface area contributed by atoms with Gasteiger partial charge >= 0.3 is 0 Å². The summed E-state index contributed by atoms with van der Waals surface area (Å²) in [6, 6.07) is 31.6. The molecule has 0 radical (unpaired) electrons. The zero-order valence-corrected chi connectivity index (χ0v) is 20.7. The fourth-order valence-electron chi connectivity index (χ4n) is 4.24. The van der Waals surface area contributed by atoms with Crippen molar-refractivity contribution in [3.05, 3.63) is 119 Å². The molecule has 0 aliphatic rings. The maximum atomic E-state index is 11.6. The Bertz CT molecular complexity index is 1430. The quantitative estimate of drug-likeness (QED) is 0.250. The normalized spacial score (nSPS) is 15.1. The Balaban J connectivity index is 1.78. The van der Waals surface area contributed by atoms with Crippen LogP contribution in [-0.4, -0.2) is 20.1 Å². The number of hydrogen-bond donors (Lipinski definition) is 3. The predicted octanol–water partition coefficient (Wildman–Crippen LogP) is 6.51. The smallest absolute Gasteiger partial charge is 0.148 e. The number of benzene rings is 4. The first kappa shape index (κ1) is 22.6. The van der Waals surface area contributed by atoms with Crippen molar-refractivity contribution in [1.29, 1.82) is 0 Å². The summed E-state index contributed by atoms with van der Waals surface area (Å²) in [6.45, 7) is 4.04. The lowest BCUT2D eigenvalue weighted by Crippen LogP contribution is -2.21. The van der Waals surface area contributed by atoms with Gasteiger partial charge in [0.25, 0.3) is 0 Å². The molecule has 0 saturated carbocycles. The fourth-order valence-corrected chi connectivity index (χ4v) is 4.84. The van der Waals surface area contributed by atoms with Gasteiger partial charge in [0.15, 0.2) is 0 Å². The number of phenolic OH excluding ortho intramolecular Hbond substituents is 1. The lowest BCUT2D eigenvalue weighted by molar-refractivity contribution is 0.456. The highest BCUT2D eigenvalue weighted by Gasteiger charge is 2.33. The molecule has 4 aromatic carbocycles. The first-order valence-corrected chi connectivity index (χ1v) is 11.9. The second kappa shape index (κ2) is 8.53. The van der Waals surface area contributed by atoms with Crippen LogP contribution in [0.2, 0.25) is 0 Å². The first-order valence-electron chi connectivity index (χ1n) is 11.0. The molecule has 34 heavy (non-hydrogen) atoms. The second-order valence-electron chi connectivity index (χ2n) is 8.75. The highest BCUT2D eigenvalue weighted by molar-refractivity contribution is 7.81. The summed E-state index contributed by atoms with van der Waals surface area (Å²) >= 11 is 10.1. The van der Waals surface area contributed by atoms with Gasteiger partial charge in [-0.25, -0.2) is 0 Å². The average Bonchev–Trinajstić information content (AvgIpc) is 3.29. The molecule has 1 heterocycles. The lowest BCUT2D eigenvalue weighted by Gasteiger charge is -2.31. The second-order valence-corrected chi connectivity index (χ2v) is 10.5. The van der Waals surface area contributed by atoms with E-state index in [1.807, 2.05) is 91.9 Å². The first-order chi connectivity index (χ1) is 16.3. The molecule has 1 aromatic heterocycles. The van der Waals surface area contributed by atoms with Crippen molar-refractivity contribution in [2.24, 2.45) is 0 Å². The Kier molecular flexibility index (Phi) is 5.66. The number of rotatable bonds is 5. The summed E-state index contributed by atoms with van der Waals surface area (Å²) in [5.41, 5.74) is 5.56. The maximum absolute atomic E-state index is 11.6. The van der Waals surface area contributed by atoms with Crippen LogP contribution in [0.15, 0.2) is 97.1 Å². The minimum atomic E-state index is -0.775. The lowest BCUT2D eigenvalue weighted by atomic mass is 9.85. The largest absolute Gasteiger partial charge is 0.505 e. The monoisotopic (exact) mass is 483 g/mol. The van der Waals surface area contributed by atoms with Crippen molar-refractivity contribution < 1.29 is 5.11 Å². The highest BCUT2D eigenvalue weighted by atomic mass is 32.1. The van der Waals surface area contributed by atoms with Gasteiger partial charge in [-0.2, -0.15) is 25.3 Å². The number of aromatic nitrogens is 3. The van der Waals surface area contributed by atoms with Gasteiger partial charge < -0.3 is 5.11 Å². The summed E-state index contributed by atoms with van der Waals surface area (Å²) in [5, 5.41) is 20.8. The molecule has 6 heteroatoms. The van der Waals surface area contributed by atoms with Crippen molar-refractivity contribution in [2.75, 3.05) is 0 Å². The molecule has 0 fully saturated rings. The molecule has 0 aliphatic heterocycles. The number of hydrogen-bond acceptors (Lipinski definition) is 5. The minimum absolute atomic E-state index is 0.0857. The SMILES string of the molecule is CC(S)(c1ccccc1)c1cc(-n2nc3ccccc3n2)c(O)c(C(C)(S)c2ccccc2)c1. The van der Waals surface area contributed by atoms with Crippen LogP contribution in [0.1, 0.15) is 36.1 Å². The van der Waals surface area contributed by atoms with E-state index in [0.717, 1.165) is 27.7 Å². The molecule has 0 bridgehead atoms. The average molecular weight is 484 g/mol. The van der Waals surface area contributed by atoms with Gasteiger partial charge in [0.2, 0.25) is 0 Å². The molecule has 0 aliphatic carbocycles. The zero-order chi connectivity index (χ0) is 23.9. The maximum Gasteiger partial charge on any atom is 0.148 e. The van der Waals surface area contributed by atoms with Crippen LogP contribution in [-0.2, 0) is 9.49 Å². The van der Waals surface area contributed by atoms with E-state index < -0.39 is 9.49 Å². The van der Waals surface area contributed by atoms with Crippen molar-refractivity contribution in [3.63, 3.8) is 0 Å². The van der Waals surface area contributed by atoms with Crippen LogP contribution in [0.4, 0.5) is 0 Å². The van der Waals surface area contributed by atoms with Crippen molar-refractivity contribution >= 4 is 36.3 Å². The Morgan fingerprint density at radius 3 is 1.65 bits per heavy atom. The van der Waals surface area contributed by atoms with E-state index in [2.05, 4.69) is 29.3 Å². The highest BCUT2D eigenvalue weighted by Crippen LogP contribution is 2.46. The van der Waals surface area contributed by atoms with E-state index in [0.29, 0.717) is 11.3 Å². The van der Waals surface area contributed by atoms with Crippen LogP contribution in [0.3, 0.4) is 0 Å². The van der Waals surface area contributed by atoms with Crippen LogP contribution in [0, 0.1) is 0 Å². The summed E-state index contributed by atoms with van der Waals surface area (Å²) < 4.78 is -1.41. The van der Waals surface area contributed by atoms with E-state index in [9.17, 15) is 5.11 Å². The number of phenols is 1. The minimum Gasteiger partial charge on any atom is -0.505 e. The van der Waals surface area contributed by atoms with Gasteiger partial charge in [0.1, 0.15) is 22.5 Å². The van der Waals surface area contributed by atoms with Gasteiger partial charge in [-0.15, -0.1) is 15.0 Å². The van der Waals surface area contributed by atoms with E-state index in [1.54, 1.807) is 0 Å². The molecule has 0 spiro atoms. The van der Waals surface area contributed by atoms with E-state index in [-0.39, 0.29) is 5.75 Å². The number of thiol groups is 2. The Hall–Kier alpha value is -3.22. The predicted molar refractivity (Wildman–Crippen MR) is 144 cm³/mol. The van der Waals surface area contributed by atoms with E-state index in [4.69, 9.17) is 25.3 Å². The molecule has 4 nitrogen and oxygen atoms in total. The molecule has 5 rings (SSSR count). The van der Waals surface area contributed by atoms with E-state index in [1.165, 1.54) is 4.80 Å². The number of fused-ring (bicyclic) bond motifs is 1. The standard InChI is InChI=1S/C28H25N3OS2/c1-27(33,19-11-5-3-6-12-19)21-17-22(28(2,34)20-13-7-4-8-14-20)26(32)25(18-21)31-29-23-15-9-10-16-24(23)30-31/h3-18,32-34H,1-2H3. The Morgan fingerprint density at radius 1 is 0.647 bits per heavy atom. The summed E-state index contributed by atoms with van der Waals surface area (Å²) in [6.07, 6.45) is 0. The summed E-state index contributed by atoms with van der Waals surface area (Å²) in [5.74, 6) is 0.0857. The zero-order valence-electron chi connectivity index (χ0n) is 18.9. The topological polar surface area (TPSA) is 50.9 Å². The van der Waals surface area contributed by atoms with E-state index >= 15 is 0 Å². The van der Waals surface area contributed by atoms with Gasteiger partial charge in [-0.1, -0.05) is 72.8 Å². The third-order valence-electron chi connectivity index (χ3n) is 6.35. The molecule has 2 atom stereocenters. The number of aromatic hydroxyl groups is 1. The summed E-state index contributed by atoms with van der Waals surface area (Å²) in [7, 11) is 0. The van der Waals surface area contributed by atoms with Crippen molar-refractivity contribution in [3.8, 4) is 11.4 Å². The molecule has 2 unspecified atom stereocenters. The number of nitrogens with zero attached hydrogens (tertiary/aromatic N) is 3. The third kappa shape index (κ3) is 3.87. The molecule has 0 saturated heterocycles. The summed E-state index contributed by atoms with van der Waals surface area (Å²) in [4.78, 5) is 1.50. The van der Waals surface area contributed by atoms with Crippen LogP contribution < -0.4 is 0 Å². The van der Waals surface area contributed by atoms with Crippen molar-refractivity contribution in [2.45, 2.75) is 23.3 Å². The molecular formula is C28H25N3OS2. The van der Waals surface area contributed by atoms with Gasteiger partial charge in [-0.05, 0) is 54.8 Å². The van der Waals surface area contributed by atoms with Crippen LogP contribution in [0.25, 0.3) is 16.7 Å². The molecule has 1 N–H and O–H groups in total. The Morgan fingerprint density at radius 2 is 1.12 bits per heavy atom. The van der Waals surface area contributed by atoms with Gasteiger partial charge in [0, 0.05) is 5.56 Å². The molecular weight excluding hydrogens is 458 g/mol. The van der Waals surface area contributed by atoms with Crippen LogP contribution >= 0.6 is 25.3 Å². The van der Waals surface area contributed by atoms with Crippen molar-refractivity contribution in [1.82, 2.24) is 15.0 Å². The Labute approximate surface area is 210 Å². The third-order valence-corrected chi connectivity index (χ3v) is 7.37. The fraction of sp³-hybridized carbons (Fsp3) is 0.143. The van der Waals surface area contributed by atoms with Gasteiger partial charge in [-0.3, -0.25) is 0 Å². The molecule has 5 aromatic rings. The van der Waals surface area contributed by atoms with Crippen LogP contribution in [0.5, 0.6) is 5.75 Å². The molecule has 170 valence electrons.